The largest absolute Gasteiger partial charge is 0.462 e. The number of hydrogen-bond acceptors (Lipinski definition) is 3. The number of nitrogens with zero attached hydrogens (tertiary/aromatic N) is 1. The molecule has 21 heavy (non-hydrogen) atoms. The van der Waals surface area contributed by atoms with Gasteiger partial charge in [-0.1, -0.05) is 12.1 Å². The van der Waals surface area contributed by atoms with Crippen molar-refractivity contribution in [3.05, 3.63) is 69.4 Å². The molecule has 0 fully saturated rings. The number of carbonyl (C=O) groups excluding carboxylic acids is 1. The van der Waals surface area contributed by atoms with Crippen LogP contribution in [0.5, 0.6) is 0 Å². The molecule has 0 aliphatic carbocycles. The molecule has 0 bridgehead atoms. The van der Waals surface area contributed by atoms with Gasteiger partial charge in [0.15, 0.2) is 0 Å². The quantitative estimate of drug-likeness (QED) is 0.813. The minimum atomic E-state index is -0.646. The fourth-order valence-electron chi connectivity index (χ4n) is 1.96. The van der Waals surface area contributed by atoms with Crippen LogP contribution in [-0.4, -0.2) is 17.1 Å². The van der Waals surface area contributed by atoms with Crippen molar-refractivity contribution < 1.29 is 13.9 Å². The lowest BCUT2D eigenvalue weighted by atomic mass is 10.1. The van der Waals surface area contributed by atoms with Gasteiger partial charge >= 0.3 is 5.97 Å². The van der Waals surface area contributed by atoms with Gasteiger partial charge in [-0.3, -0.25) is 4.79 Å². The van der Waals surface area contributed by atoms with Crippen molar-refractivity contribution in [2.45, 2.75) is 20.4 Å². The van der Waals surface area contributed by atoms with Crippen molar-refractivity contribution in [1.29, 1.82) is 0 Å². The lowest BCUT2D eigenvalue weighted by Gasteiger charge is -2.08. The summed E-state index contributed by atoms with van der Waals surface area (Å²) >= 11 is 0. The molecule has 0 aliphatic rings. The molecule has 0 unspecified atom stereocenters. The molecule has 0 radical (unpaired) electrons. The van der Waals surface area contributed by atoms with Gasteiger partial charge < -0.3 is 9.30 Å². The zero-order chi connectivity index (χ0) is 15.4. The highest BCUT2D eigenvalue weighted by atomic mass is 19.1. The number of pyridine rings is 1. The number of hydrogen-bond donors (Lipinski definition) is 0. The smallest absolute Gasteiger partial charge is 0.343 e. The summed E-state index contributed by atoms with van der Waals surface area (Å²) in [5, 5.41) is 0. The Labute approximate surface area is 121 Å². The number of esters is 1. The molecular weight excluding hydrogens is 273 g/mol. The van der Waals surface area contributed by atoms with E-state index in [0.717, 1.165) is 0 Å². The van der Waals surface area contributed by atoms with Gasteiger partial charge in [-0.05, 0) is 43.2 Å². The fraction of sp³-hybridized carbons (Fsp3) is 0.250. The van der Waals surface area contributed by atoms with Crippen LogP contribution in [0.1, 0.15) is 28.4 Å². The maximum atomic E-state index is 13.5. The lowest BCUT2D eigenvalue weighted by Crippen LogP contribution is -2.27. The van der Waals surface area contributed by atoms with Crippen molar-refractivity contribution in [2.24, 2.45) is 0 Å². The van der Waals surface area contributed by atoms with Crippen LogP contribution < -0.4 is 5.56 Å². The van der Waals surface area contributed by atoms with Gasteiger partial charge in [0.2, 0.25) is 0 Å². The number of ether oxygens (including phenoxy) is 1. The second-order valence-electron chi connectivity index (χ2n) is 4.66. The minimum absolute atomic E-state index is 0.0214. The van der Waals surface area contributed by atoms with Crippen LogP contribution in [0.2, 0.25) is 0 Å². The molecule has 1 aromatic heterocycles. The molecule has 110 valence electrons. The average Bonchev–Trinajstić information content (AvgIpc) is 2.45. The predicted molar refractivity (Wildman–Crippen MR) is 76.9 cm³/mol. The monoisotopic (exact) mass is 289 g/mol. The molecule has 2 rings (SSSR count). The minimum Gasteiger partial charge on any atom is -0.462 e. The molecule has 5 heteroatoms. The number of rotatable bonds is 4. The van der Waals surface area contributed by atoms with E-state index in [0.29, 0.717) is 11.1 Å². The zero-order valence-electron chi connectivity index (χ0n) is 11.9. The summed E-state index contributed by atoms with van der Waals surface area (Å²) in [6.45, 7) is 3.75. The van der Waals surface area contributed by atoms with E-state index in [1.54, 1.807) is 38.2 Å². The number of carbonyl (C=O) groups is 1. The first-order chi connectivity index (χ1) is 10.0. The number of aromatic nitrogens is 1. The summed E-state index contributed by atoms with van der Waals surface area (Å²) in [5.74, 6) is -0.964. The first-order valence-electron chi connectivity index (χ1n) is 6.64. The number of aryl methyl sites for hydroxylation is 1. The second kappa shape index (κ2) is 6.35. The molecule has 0 saturated heterocycles. The fourth-order valence-corrected chi connectivity index (χ4v) is 1.96. The van der Waals surface area contributed by atoms with Gasteiger partial charge in [-0.15, -0.1) is 0 Å². The van der Waals surface area contributed by atoms with E-state index in [9.17, 15) is 14.0 Å². The Morgan fingerprint density at radius 3 is 2.76 bits per heavy atom. The average molecular weight is 289 g/mol. The Morgan fingerprint density at radius 2 is 2.10 bits per heavy atom. The molecule has 0 N–H and O–H groups in total. The highest BCUT2D eigenvalue weighted by Crippen LogP contribution is 2.10. The van der Waals surface area contributed by atoms with Crippen molar-refractivity contribution in [3.63, 3.8) is 0 Å². The normalized spacial score (nSPS) is 10.4. The van der Waals surface area contributed by atoms with E-state index in [1.165, 1.54) is 16.7 Å². The van der Waals surface area contributed by atoms with Crippen molar-refractivity contribution in [1.82, 2.24) is 4.57 Å². The van der Waals surface area contributed by atoms with E-state index in [-0.39, 0.29) is 24.5 Å². The first kappa shape index (κ1) is 15.0. The van der Waals surface area contributed by atoms with E-state index < -0.39 is 11.5 Å². The van der Waals surface area contributed by atoms with Gasteiger partial charge in [0, 0.05) is 6.20 Å². The van der Waals surface area contributed by atoms with Gasteiger partial charge in [0.1, 0.15) is 11.4 Å². The summed E-state index contributed by atoms with van der Waals surface area (Å²) < 4.78 is 19.7. The highest BCUT2D eigenvalue weighted by molar-refractivity contribution is 5.88. The second-order valence-corrected chi connectivity index (χ2v) is 4.66. The van der Waals surface area contributed by atoms with E-state index in [4.69, 9.17) is 4.74 Å². The lowest BCUT2D eigenvalue weighted by molar-refractivity contribution is 0.0523. The Hall–Kier alpha value is -2.43. The number of benzene rings is 1. The molecule has 0 aliphatic heterocycles. The van der Waals surface area contributed by atoms with Crippen molar-refractivity contribution >= 4 is 5.97 Å². The Bertz CT molecular complexity index is 722. The summed E-state index contributed by atoms with van der Waals surface area (Å²) in [6.07, 6.45) is 1.56. The molecule has 0 spiro atoms. The van der Waals surface area contributed by atoms with Gasteiger partial charge in [-0.25, -0.2) is 9.18 Å². The van der Waals surface area contributed by atoms with Crippen molar-refractivity contribution in [2.75, 3.05) is 6.61 Å². The zero-order valence-corrected chi connectivity index (χ0v) is 11.9. The summed E-state index contributed by atoms with van der Waals surface area (Å²) in [7, 11) is 0. The third kappa shape index (κ3) is 3.37. The first-order valence-corrected chi connectivity index (χ1v) is 6.64. The van der Waals surface area contributed by atoms with Crippen LogP contribution in [0.3, 0.4) is 0 Å². The maximum absolute atomic E-state index is 13.5. The van der Waals surface area contributed by atoms with Gasteiger partial charge in [0.25, 0.3) is 5.56 Å². The van der Waals surface area contributed by atoms with Crippen LogP contribution >= 0.6 is 0 Å². The van der Waals surface area contributed by atoms with E-state index >= 15 is 0 Å². The predicted octanol–water partition coefficient (Wildman–Crippen LogP) is 2.52. The van der Waals surface area contributed by atoms with Crippen LogP contribution in [0.25, 0.3) is 0 Å². The van der Waals surface area contributed by atoms with E-state index in [2.05, 4.69) is 0 Å². The van der Waals surface area contributed by atoms with Crippen LogP contribution in [-0.2, 0) is 11.3 Å². The third-order valence-electron chi connectivity index (χ3n) is 3.10. The molecule has 0 amide bonds. The Balaban J connectivity index is 2.32. The molecule has 0 saturated carbocycles. The SMILES string of the molecule is CCOC(=O)c1cccn(Cc2ccc(C)c(F)c2)c1=O. The van der Waals surface area contributed by atoms with Crippen molar-refractivity contribution in [3.8, 4) is 0 Å². The van der Waals surface area contributed by atoms with Crippen LogP contribution in [0.4, 0.5) is 4.39 Å². The molecule has 0 atom stereocenters. The molecule has 1 aromatic carbocycles. The molecule has 2 aromatic rings. The topological polar surface area (TPSA) is 48.3 Å². The standard InChI is InChI=1S/C16H16FNO3/c1-3-21-16(20)13-5-4-8-18(15(13)19)10-12-7-6-11(2)14(17)9-12/h4-9H,3,10H2,1-2H3. The Morgan fingerprint density at radius 1 is 1.33 bits per heavy atom. The van der Waals surface area contributed by atoms with Gasteiger partial charge in [-0.2, -0.15) is 0 Å². The van der Waals surface area contributed by atoms with E-state index in [1.807, 2.05) is 0 Å². The Kier molecular flexibility index (Phi) is 4.52. The highest BCUT2D eigenvalue weighted by Gasteiger charge is 2.13. The van der Waals surface area contributed by atoms with Crippen LogP contribution in [0, 0.1) is 12.7 Å². The molecule has 4 nitrogen and oxygen atoms in total. The third-order valence-corrected chi connectivity index (χ3v) is 3.10. The summed E-state index contributed by atoms with van der Waals surface area (Å²) in [4.78, 5) is 23.9. The van der Waals surface area contributed by atoms with Gasteiger partial charge in [0.05, 0.1) is 13.2 Å². The maximum Gasteiger partial charge on any atom is 0.343 e. The molecule has 1 heterocycles. The van der Waals surface area contributed by atoms with Crippen LogP contribution in [0.15, 0.2) is 41.3 Å². The molecular formula is C16H16FNO3. The summed E-state index contributed by atoms with van der Waals surface area (Å²) in [5.41, 5.74) is 0.733. The summed E-state index contributed by atoms with van der Waals surface area (Å²) in [6, 6.07) is 7.82. The number of halogens is 1.